The summed E-state index contributed by atoms with van der Waals surface area (Å²) in [4.78, 5) is 18.6. The number of rotatable bonds is 4. The number of urea groups is 1. The van der Waals surface area contributed by atoms with E-state index in [1.54, 1.807) is 6.07 Å². The van der Waals surface area contributed by atoms with Crippen LogP contribution in [0.15, 0.2) is 22.1 Å². The van der Waals surface area contributed by atoms with Crippen LogP contribution in [0.1, 0.15) is 11.1 Å². The minimum atomic E-state index is -0.504. The molecule has 0 unspecified atom stereocenters. The summed E-state index contributed by atoms with van der Waals surface area (Å²) < 4.78 is 0. The molecule has 1 heterocycles. The fourth-order valence-electron chi connectivity index (χ4n) is 1.85. The first-order valence-electron chi connectivity index (χ1n) is 5.10. The Labute approximate surface area is 91.8 Å². The molecule has 1 aromatic rings. The molecule has 5 nitrogen and oxygen atoms in total. The van der Waals surface area contributed by atoms with Crippen molar-refractivity contribution in [1.82, 2.24) is 0 Å². The van der Waals surface area contributed by atoms with Crippen LogP contribution in [0.4, 0.5) is 4.79 Å². The van der Waals surface area contributed by atoms with Crippen molar-refractivity contribution in [3.63, 3.8) is 0 Å². The first kappa shape index (κ1) is 10.9. The molecule has 1 aromatic carbocycles. The summed E-state index contributed by atoms with van der Waals surface area (Å²) >= 11 is 0. The molecule has 1 aliphatic rings. The number of fused-ring (bicyclic) bond motifs is 1. The van der Waals surface area contributed by atoms with Gasteiger partial charge in [-0.25, -0.2) is 4.79 Å². The van der Waals surface area contributed by atoms with E-state index in [0.29, 0.717) is 23.6 Å². The largest absolute Gasteiger partial charge is 0.396 e. The lowest BCUT2D eigenvalue weighted by atomic mass is 10.0. The van der Waals surface area contributed by atoms with Crippen LogP contribution < -0.4 is 10.7 Å². The Balaban J connectivity index is 2.61. The summed E-state index contributed by atoms with van der Waals surface area (Å²) in [7, 11) is 0. The highest BCUT2D eigenvalue weighted by Crippen LogP contribution is 2.05. The first-order valence-corrected chi connectivity index (χ1v) is 5.10. The van der Waals surface area contributed by atoms with Crippen molar-refractivity contribution in [2.75, 3.05) is 13.2 Å². The van der Waals surface area contributed by atoms with E-state index in [4.69, 9.17) is 10.2 Å². The van der Waals surface area contributed by atoms with Crippen molar-refractivity contribution in [3.05, 3.63) is 34.0 Å². The lowest BCUT2D eigenvalue weighted by Crippen LogP contribution is -2.28. The number of nitrogens with zero attached hydrogens (tertiary/aromatic N) is 2. The maximum atomic E-state index is 11.1. The van der Waals surface area contributed by atoms with E-state index in [2.05, 4.69) is 9.98 Å². The smallest absolute Gasteiger partial charge is 0.368 e. The molecule has 84 valence electrons. The number of aliphatic hydroxyl groups excluding tert-OH is 2. The SMILES string of the molecule is O=C1N=c2ccc(CCO)c(CCO)c2=N1. The molecule has 2 rings (SSSR count). The van der Waals surface area contributed by atoms with Gasteiger partial charge in [-0.05, 0) is 30.0 Å². The number of amides is 2. The normalized spacial score (nSPS) is 13.2. The highest BCUT2D eigenvalue weighted by atomic mass is 16.3. The lowest BCUT2D eigenvalue weighted by Gasteiger charge is -2.06. The average Bonchev–Trinajstić information content (AvgIpc) is 2.63. The van der Waals surface area contributed by atoms with Gasteiger partial charge in [-0.1, -0.05) is 6.07 Å². The second kappa shape index (κ2) is 4.51. The second-order valence-electron chi connectivity index (χ2n) is 3.52. The van der Waals surface area contributed by atoms with Crippen LogP contribution >= 0.6 is 0 Å². The topological polar surface area (TPSA) is 82.2 Å². The number of carbonyl (C=O) groups excluding carboxylic acids is 1. The van der Waals surface area contributed by atoms with Crippen LogP contribution in [-0.2, 0) is 12.8 Å². The van der Waals surface area contributed by atoms with Gasteiger partial charge in [0, 0.05) is 13.2 Å². The summed E-state index contributed by atoms with van der Waals surface area (Å²) in [5, 5.41) is 19.0. The van der Waals surface area contributed by atoms with Gasteiger partial charge in [0.15, 0.2) is 0 Å². The van der Waals surface area contributed by atoms with Gasteiger partial charge in [-0.3, -0.25) is 0 Å². The molecule has 2 amide bonds. The van der Waals surface area contributed by atoms with Crippen molar-refractivity contribution in [3.8, 4) is 0 Å². The van der Waals surface area contributed by atoms with E-state index in [-0.39, 0.29) is 13.2 Å². The average molecular weight is 220 g/mol. The van der Waals surface area contributed by atoms with Crippen LogP contribution in [0.2, 0.25) is 0 Å². The lowest BCUT2D eigenvalue weighted by molar-refractivity contribution is 0.256. The molecule has 2 N–H and O–H groups in total. The Morgan fingerprint density at radius 2 is 1.81 bits per heavy atom. The Morgan fingerprint density at radius 3 is 2.50 bits per heavy atom. The molecule has 0 radical (unpaired) electrons. The van der Waals surface area contributed by atoms with E-state index in [1.807, 2.05) is 6.07 Å². The Morgan fingerprint density at radius 1 is 1.06 bits per heavy atom. The summed E-state index contributed by atoms with van der Waals surface area (Å²) in [5.74, 6) is 0. The molecule has 0 saturated heterocycles. The standard InChI is InChI=1S/C11H12N2O3/c14-5-3-7-1-2-9-10(8(7)4-6-15)13-11(16)12-9/h1-2,14-15H,3-6H2. The molecular weight excluding hydrogens is 208 g/mol. The highest BCUT2D eigenvalue weighted by Gasteiger charge is 2.12. The molecule has 0 aliphatic carbocycles. The van der Waals surface area contributed by atoms with Crippen molar-refractivity contribution in [2.24, 2.45) is 9.98 Å². The Hall–Kier alpha value is -1.59. The summed E-state index contributed by atoms with van der Waals surface area (Å²) in [5.41, 5.74) is 1.72. The number of benzene rings is 1. The fourth-order valence-corrected chi connectivity index (χ4v) is 1.85. The number of aliphatic hydroxyl groups is 2. The van der Waals surface area contributed by atoms with Gasteiger partial charge in [0.2, 0.25) is 0 Å². The van der Waals surface area contributed by atoms with Gasteiger partial charge in [0.25, 0.3) is 0 Å². The van der Waals surface area contributed by atoms with Crippen LogP contribution in [0.3, 0.4) is 0 Å². The van der Waals surface area contributed by atoms with Crippen molar-refractivity contribution < 1.29 is 15.0 Å². The van der Waals surface area contributed by atoms with Crippen molar-refractivity contribution in [2.45, 2.75) is 12.8 Å². The monoisotopic (exact) mass is 220 g/mol. The van der Waals surface area contributed by atoms with E-state index >= 15 is 0 Å². The molecule has 1 aliphatic heterocycles. The summed E-state index contributed by atoms with van der Waals surface area (Å²) in [6.07, 6.45) is 0.914. The van der Waals surface area contributed by atoms with Crippen LogP contribution in [0.25, 0.3) is 0 Å². The molecule has 0 bridgehead atoms. The molecule has 0 atom stereocenters. The van der Waals surface area contributed by atoms with Gasteiger partial charge < -0.3 is 10.2 Å². The van der Waals surface area contributed by atoms with Crippen molar-refractivity contribution >= 4 is 6.03 Å². The molecule has 0 fully saturated rings. The third-order valence-electron chi connectivity index (χ3n) is 2.52. The van der Waals surface area contributed by atoms with Gasteiger partial charge in [-0.2, -0.15) is 9.98 Å². The molecule has 0 aromatic heterocycles. The predicted octanol–water partition coefficient (Wildman–Crippen LogP) is -0.871. The highest BCUT2D eigenvalue weighted by molar-refractivity contribution is 5.77. The van der Waals surface area contributed by atoms with Crippen LogP contribution in [0, 0.1) is 0 Å². The Kier molecular flexibility index (Phi) is 3.07. The van der Waals surface area contributed by atoms with E-state index in [0.717, 1.165) is 11.1 Å². The number of hydrogen-bond acceptors (Lipinski definition) is 3. The Bertz CT molecular complexity index is 537. The fraction of sp³-hybridized carbons (Fsp3) is 0.364. The van der Waals surface area contributed by atoms with E-state index in [9.17, 15) is 4.79 Å². The minimum Gasteiger partial charge on any atom is -0.396 e. The predicted molar refractivity (Wildman–Crippen MR) is 55.7 cm³/mol. The zero-order chi connectivity index (χ0) is 11.5. The molecule has 16 heavy (non-hydrogen) atoms. The zero-order valence-electron chi connectivity index (χ0n) is 8.68. The van der Waals surface area contributed by atoms with Crippen LogP contribution in [-0.4, -0.2) is 29.5 Å². The summed E-state index contributed by atoms with van der Waals surface area (Å²) in [6.45, 7) is 0.0148. The van der Waals surface area contributed by atoms with Gasteiger partial charge >= 0.3 is 6.03 Å². The number of hydrogen-bond donors (Lipinski definition) is 2. The van der Waals surface area contributed by atoms with Gasteiger partial charge in [0.05, 0.1) is 10.7 Å². The maximum Gasteiger partial charge on any atom is 0.368 e. The maximum absolute atomic E-state index is 11.1. The number of carbonyl (C=O) groups is 1. The minimum absolute atomic E-state index is 0.0153. The summed E-state index contributed by atoms with van der Waals surface area (Å²) in [6, 6.07) is 3.03. The second-order valence-corrected chi connectivity index (χ2v) is 3.52. The molecule has 0 saturated carbocycles. The van der Waals surface area contributed by atoms with Gasteiger partial charge in [-0.15, -0.1) is 0 Å². The quantitative estimate of drug-likeness (QED) is 0.692. The molecular formula is C11H12N2O3. The third-order valence-corrected chi connectivity index (χ3v) is 2.52. The van der Waals surface area contributed by atoms with Crippen LogP contribution in [0.5, 0.6) is 0 Å². The van der Waals surface area contributed by atoms with E-state index in [1.165, 1.54) is 0 Å². The van der Waals surface area contributed by atoms with E-state index < -0.39 is 6.03 Å². The molecule has 5 heteroatoms. The zero-order valence-corrected chi connectivity index (χ0v) is 8.68. The van der Waals surface area contributed by atoms with Crippen molar-refractivity contribution in [1.29, 1.82) is 0 Å². The third kappa shape index (κ3) is 1.87. The van der Waals surface area contributed by atoms with Gasteiger partial charge in [0.1, 0.15) is 0 Å². The molecule has 0 spiro atoms. The first-order chi connectivity index (χ1) is 7.76.